The van der Waals surface area contributed by atoms with E-state index >= 15 is 0 Å². The van der Waals surface area contributed by atoms with Crippen LogP contribution in [0.3, 0.4) is 0 Å². The van der Waals surface area contributed by atoms with Crippen LogP contribution in [0.5, 0.6) is 0 Å². The molecule has 1 aromatic heterocycles. The highest BCUT2D eigenvalue weighted by molar-refractivity contribution is 7.11. The zero-order valence-corrected chi connectivity index (χ0v) is 13.2. The largest absolute Gasteiger partial charge is 0.315 e. The lowest BCUT2D eigenvalue weighted by Gasteiger charge is -2.01. The lowest BCUT2D eigenvalue weighted by atomic mass is 10.1. The Morgan fingerprint density at radius 2 is 2.20 bits per heavy atom. The fourth-order valence-electron chi connectivity index (χ4n) is 2.07. The molecule has 5 heteroatoms. The Morgan fingerprint density at radius 3 is 2.85 bits per heavy atom. The van der Waals surface area contributed by atoms with Crippen LogP contribution in [-0.2, 0) is 19.4 Å². The Morgan fingerprint density at radius 1 is 1.40 bits per heavy atom. The number of rotatable bonds is 6. The van der Waals surface area contributed by atoms with Gasteiger partial charge in [-0.3, -0.25) is 0 Å². The van der Waals surface area contributed by atoms with Crippen molar-refractivity contribution < 1.29 is 4.39 Å². The van der Waals surface area contributed by atoms with Crippen LogP contribution in [0.4, 0.5) is 4.39 Å². The molecule has 0 saturated heterocycles. The van der Waals surface area contributed by atoms with Gasteiger partial charge >= 0.3 is 0 Å². The minimum Gasteiger partial charge on any atom is -0.315 e. The van der Waals surface area contributed by atoms with Crippen LogP contribution < -0.4 is 5.32 Å². The van der Waals surface area contributed by atoms with Gasteiger partial charge in [-0.2, -0.15) is 0 Å². The fourth-order valence-corrected chi connectivity index (χ4v) is 3.46. The van der Waals surface area contributed by atoms with E-state index in [1.165, 1.54) is 22.7 Å². The van der Waals surface area contributed by atoms with Gasteiger partial charge in [0.15, 0.2) is 0 Å². The molecule has 0 radical (unpaired) electrons. The summed E-state index contributed by atoms with van der Waals surface area (Å²) < 4.78 is 13.0. The van der Waals surface area contributed by atoms with E-state index in [1.54, 1.807) is 17.4 Å². The summed E-state index contributed by atoms with van der Waals surface area (Å²) in [4.78, 5) is 5.98. The predicted molar refractivity (Wildman–Crippen MR) is 83.1 cm³/mol. The van der Waals surface area contributed by atoms with E-state index in [0.717, 1.165) is 30.0 Å². The van der Waals surface area contributed by atoms with E-state index in [0.29, 0.717) is 11.4 Å². The number of hydrogen-bond donors (Lipinski definition) is 1. The van der Waals surface area contributed by atoms with Gasteiger partial charge in [0, 0.05) is 22.9 Å². The average Bonchev–Trinajstić information content (AvgIpc) is 2.76. The molecule has 0 aliphatic rings. The van der Waals surface area contributed by atoms with Crippen molar-refractivity contribution in [2.75, 3.05) is 7.05 Å². The number of halogens is 2. The quantitative estimate of drug-likeness (QED) is 0.864. The summed E-state index contributed by atoms with van der Waals surface area (Å²) in [6.07, 6.45) is 2.73. The van der Waals surface area contributed by atoms with E-state index < -0.39 is 0 Å². The molecule has 2 nitrogen and oxygen atoms in total. The molecule has 0 aliphatic carbocycles. The molecule has 2 rings (SSSR count). The first kappa shape index (κ1) is 15.4. The summed E-state index contributed by atoms with van der Waals surface area (Å²) in [5.74, 6) is -0.305. The third kappa shape index (κ3) is 3.78. The van der Waals surface area contributed by atoms with Crippen molar-refractivity contribution >= 4 is 22.9 Å². The van der Waals surface area contributed by atoms with Crippen LogP contribution in [-0.4, -0.2) is 12.0 Å². The molecule has 2 aromatic rings. The number of hydrogen-bond acceptors (Lipinski definition) is 3. The second kappa shape index (κ2) is 7.16. The van der Waals surface area contributed by atoms with E-state index in [4.69, 9.17) is 16.6 Å². The third-order valence-corrected chi connectivity index (χ3v) is 4.45. The van der Waals surface area contributed by atoms with Gasteiger partial charge in [0.1, 0.15) is 5.82 Å². The molecule has 0 aliphatic heterocycles. The maximum atomic E-state index is 13.0. The van der Waals surface area contributed by atoms with Crippen molar-refractivity contribution in [3.63, 3.8) is 0 Å². The first-order valence-corrected chi connectivity index (χ1v) is 7.89. The smallest absolute Gasteiger partial charge is 0.124 e. The van der Waals surface area contributed by atoms with Gasteiger partial charge in [0.05, 0.1) is 10.7 Å². The van der Waals surface area contributed by atoms with E-state index in [-0.39, 0.29) is 5.82 Å². The van der Waals surface area contributed by atoms with Crippen molar-refractivity contribution in [3.05, 3.63) is 50.2 Å². The van der Waals surface area contributed by atoms with Gasteiger partial charge in [0.25, 0.3) is 0 Å². The first-order valence-electron chi connectivity index (χ1n) is 6.70. The van der Waals surface area contributed by atoms with Crippen LogP contribution in [0.15, 0.2) is 18.2 Å². The van der Waals surface area contributed by atoms with E-state index in [2.05, 4.69) is 12.2 Å². The summed E-state index contributed by atoms with van der Waals surface area (Å²) >= 11 is 7.78. The Hall–Kier alpha value is -0.970. The monoisotopic (exact) mass is 312 g/mol. The SMILES string of the molecule is CCCc1nc(Cc2ccc(F)cc2Cl)sc1CNC. The third-order valence-electron chi connectivity index (χ3n) is 3.00. The topological polar surface area (TPSA) is 24.9 Å². The highest BCUT2D eigenvalue weighted by Gasteiger charge is 2.12. The highest BCUT2D eigenvalue weighted by atomic mass is 35.5. The Labute approximate surface area is 128 Å². The van der Waals surface area contributed by atoms with Gasteiger partial charge in [0.2, 0.25) is 0 Å². The van der Waals surface area contributed by atoms with Crippen LogP contribution in [0.25, 0.3) is 0 Å². The Kier molecular flexibility index (Phi) is 5.52. The number of aromatic nitrogens is 1. The number of benzene rings is 1. The van der Waals surface area contributed by atoms with Crippen molar-refractivity contribution in [1.29, 1.82) is 0 Å². The highest BCUT2D eigenvalue weighted by Crippen LogP contribution is 2.25. The molecule has 108 valence electrons. The summed E-state index contributed by atoms with van der Waals surface area (Å²) in [6, 6.07) is 4.53. The summed E-state index contributed by atoms with van der Waals surface area (Å²) in [6.45, 7) is 2.99. The second-order valence-corrected chi connectivity index (χ2v) is 6.25. The molecule has 0 fully saturated rings. The van der Waals surface area contributed by atoms with Crippen molar-refractivity contribution in [3.8, 4) is 0 Å². The minimum absolute atomic E-state index is 0.305. The van der Waals surface area contributed by atoms with E-state index in [9.17, 15) is 4.39 Å². The van der Waals surface area contributed by atoms with Crippen LogP contribution in [0.1, 0.15) is 34.5 Å². The fraction of sp³-hybridized carbons (Fsp3) is 0.400. The molecule has 0 saturated carbocycles. The standard InChI is InChI=1S/C15H18ClFN2S/c1-3-4-13-14(9-18-2)20-15(19-13)7-10-5-6-11(17)8-12(10)16/h5-6,8,18H,3-4,7,9H2,1-2H3. The zero-order chi connectivity index (χ0) is 14.5. The number of thiazole rings is 1. The minimum atomic E-state index is -0.305. The molecular formula is C15H18ClFN2S. The molecule has 1 N–H and O–H groups in total. The summed E-state index contributed by atoms with van der Waals surface area (Å²) in [5.41, 5.74) is 2.08. The molecule has 0 atom stereocenters. The number of aryl methyl sites for hydroxylation is 1. The maximum Gasteiger partial charge on any atom is 0.124 e. The van der Waals surface area contributed by atoms with Crippen LogP contribution >= 0.6 is 22.9 Å². The van der Waals surface area contributed by atoms with Gasteiger partial charge in [-0.15, -0.1) is 11.3 Å². The van der Waals surface area contributed by atoms with Crippen LogP contribution in [0.2, 0.25) is 5.02 Å². The first-order chi connectivity index (χ1) is 9.63. The average molecular weight is 313 g/mol. The lowest BCUT2D eigenvalue weighted by molar-refractivity contribution is 0.627. The lowest BCUT2D eigenvalue weighted by Crippen LogP contribution is -2.05. The molecule has 0 bridgehead atoms. The molecule has 1 aromatic carbocycles. The molecule has 0 unspecified atom stereocenters. The maximum absolute atomic E-state index is 13.0. The summed E-state index contributed by atoms with van der Waals surface area (Å²) in [5, 5.41) is 4.67. The second-order valence-electron chi connectivity index (χ2n) is 4.67. The molecule has 0 spiro atoms. The zero-order valence-electron chi connectivity index (χ0n) is 11.7. The predicted octanol–water partition coefficient (Wildman–Crippen LogP) is 4.20. The molecule has 20 heavy (non-hydrogen) atoms. The van der Waals surface area contributed by atoms with Gasteiger partial charge in [-0.25, -0.2) is 9.37 Å². The van der Waals surface area contributed by atoms with Crippen molar-refractivity contribution in [2.45, 2.75) is 32.7 Å². The molecule has 0 amide bonds. The van der Waals surface area contributed by atoms with E-state index in [1.807, 2.05) is 7.05 Å². The van der Waals surface area contributed by atoms with Gasteiger partial charge < -0.3 is 5.32 Å². The molecule has 1 heterocycles. The summed E-state index contributed by atoms with van der Waals surface area (Å²) in [7, 11) is 1.94. The van der Waals surface area contributed by atoms with Gasteiger partial charge in [-0.05, 0) is 31.2 Å². The van der Waals surface area contributed by atoms with Crippen LogP contribution in [0, 0.1) is 5.82 Å². The Balaban J connectivity index is 2.22. The van der Waals surface area contributed by atoms with Crippen molar-refractivity contribution in [2.24, 2.45) is 0 Å². The van der Waals surface area contributed by atoms with Crippen molar-refractivity contribution in [1.82, 2.24) is 10.3 Å². The normalized spacial score (nSPS) is 11.0. The number of nitrogens with zero attached hydrogens (tertiary/aromatic N) is 1. The number of nitrogens with one attached hydrogen (secondary N) is 1. The van der Waals surface area contributed by atoms with Gasteiger partial charge in [-0.1, -0.05) is 31.0 Å². The Bertz CT molecular complexity index is 560. The molecular weight excluding hydrogens is 295 g/mol.